The van der Waals surface area contributed by atoms with Crippen molar-refractivity contribution in [3.8, 4) is 5.75 Å². The van der Waals surface area contributed by atoms with E-state index in [1.54, 1.807) is 45.9 Å². The van der Waals surface area contributed by atoms with E-state index in [4.69, 9.17) is 9.47 Å². The van der Waals surface area contributed by atoms with Crippen LogP contribution >= 0.6 is 0 Å². The average molecular weight is 598 g/mol. The number of benzene rings is 2. The zero-order chi connectivity index (χ0) is 32.0. The minimum atomic E-state index is -1.07. The molecule has 0 aliphatic heterocycles. The quantitative estimate of drug-likeness (QED) is 0.195. The summed E-state index contributed by atoms with van der Waals surface area (Å²) in [7, 11) is 0. The van der Waals surface area contributed by atoms with Gasteiger partial charge in [0.2, 0.25) is 11.8 Å². The molecular weight excluding hydrogens is 550 g/mol. The van der Waals surface area contributed by atoms with Crippen molar-refractivity contribution >= 4 is 23.9 Å². The van der Waals surface area contributed by atoms with Crippen LogP contribution in [0.3, 0.4) is 0 Å². The van der Waals surface area contributed by atoms with Gasteiger partial charge in [-0.1, -0.05) is 61.7 Å². The van der Waals surface area contributed by atoms with Crippen LogP contribution in [-0.4, -0.2) is 65.2 Å². The Labute approximate surface area is 255 Å². The highest BCUT2D eigenvalue weighted by Crippen LogP contribution is 2.25. The van der Waals surface area contributed by atoms with E-state index < -0.39 is 41.6 Å². The van der Waals surface area contributed by atoms with E-state index in [-0.39, 0.29) is 38.3 Å². The van der Waals surface area contributed by atoms with Gasteiger partial charge in [-0.05, 0) is 64.3 Å². The molecule has 0 heterocycles. The molecule has 0 aromatic heterocycles. The van der Waals surface area contributed by atoms with Gasteiger partial charge in [-0.25, -0.2) is 4.79 Å². The summed E-state index contributed by atoms with van der Waals surface area (Å²) in [5.74, 6) is -1.25. The van der Waals surface area contributed by atoms with Crippen LogP contribution in [0.2, 0.25) is 0 Å². The van der Waals surface area contributed by atoms with Gasteiger partial charge in [-0.2, -0.15) is 0 Å². The van der Waals surface area contributed by atoms with Crippen LogP contribution in [0.4, 0.5) is 4.79 Å². The van der Waals surface area contributed by atoms with Crippen molar-refractivity contribution in [1.29, 1.82) is 0 Å². The first-order valence-electron chi connectivity index (χ1n) is 14.9. The Morgan fingerprint density at radius 3 is 2.30 bits per heavy atom. The Morgan fingerprint density at radius 1 is 1.00 bits per heavy atom. The third-order valence-electron chi connectivity index (χ3n) is 6.50. The van der Waals surface area contributed by atoms with Gasteiger partial charge in [0.05, 0.1) is 13.0 Å². The number of rotatable bonds is 15. The number of hydrogen-bond acceptors (Lipinski definition) is 7. The fourth-order valence-electron chi connectivity index (χ4n) is 4.55. The van der Waals surface area contributed by atoms with E-state index in [1.807, 2.05) is 32.0 Å². The van der Waals surface area contributed by atoms with E-state index in [2.05, 4.69) is 10.6 Å². The minimum Gasteiger partial charge on any atom is -0.508 e. The summed E-state index contributed by atoms with van der Waals surface area (Å²) >= 11 is 0. The molecule has 2 aromatic carbocycles. The van der Waals surface area contributed by atoms with Gasteiger partial charge in [0.25, 0.3) is 0 Å². The second-order valence-corrected chi connectivity index (χ2v) is 11.5. The number of amides is 3. The van der Waals surface area contributed by atoms with E-state index >= 15 is 0 Å². The summed E-state index contributed by atoms with van der Waals surface area (Å²) in [4.78, 5) is 54.6. The van der Waals surface area contributed by atoms with Gasteiger partial charge >= 0.3 is 12.1 Å². The number of unbranched alkanes of at least 4 members (excludes halogenated alkanes) is 2. The topological polar surface area (TPSA) is 134 Å². The number of hydrogen-bond donors (Lipinski definition) is 3. The van der Waals surface area contributed by atoms with Gasteiger partial charge < -0.3 is 30.1 Å². The van der Waals surface area contributed by atoms with Crippen molar-refractivity contribution < 1.29 is 33.8 Å². The highest BCUT2D eigenvalue weighted by molar-refractivity contribution is 5.92. The first-order valence-corrected chi connectivity index (χ1v) is 14.9. The van der Waals surface area contributed by atoms with Crippen molar-refractivity contribution in [3.63, 3.8) is 0 Å². The Balaban J connectivity index is 2.51. The number of esters is 1. The molecule has 236 valence electrons. The standard InChI is InChI=1S/C33H47N3O7/c1-7-9-10-20-36(29(25-13-11-12-23(3)21-25)30(39)34-19-18-28(38)42-8-2)31(40)27(35-32(41)43-33(4,5)6)22-24-14-16-26(37)17-15-24/h11-17,21,27,29,37H,7-10,18-20,22H2,1-6H3,(H,34,39)(H,35,41). The summed E-state index contributed by atoms with van der Waals surface area (Å²) in [6, 6.07) is 11.7. The molecule has 0 aliphatic carbocycles. The molecule has 2 atom stereocenters. The van der Waals surface area contributed by atoms with Crippen LogP contribution in [0.5, 0.6) is 5.75 Å². The predicted octanol–water partition coefficient (Wildman–Crippen LogP) is 4.97. The third kappa shape index (κ3) is 12.4. The van der Waals surface area contributed by atoms with Gasteiger partial charge in [0, 0.05) is 19.5 Å². The largest absolute Gasteiger partial charge is 0.508 e. The highest BCUT2D eigenvalue weighted by atomic mass is 16.6. The number of alkyl carbamates (subject to hydrolysis) is 1. The molecule has 0 spiro atoms. The Kier molecular flexibility index (Phi) is 14.0. The molecule has 43 heavy (non-hydrogen) atoms. The second-order valence-electron chi connectivity index (χ2n) is 11.5. The summed E-state index contributed by atoms with van der Waals surface area (Å²) in [6.07, 6.45) is 1.71. The Morgan fingerprint density at radius 2 is 1.70 bits per heavy atom. The summed E-state index contributed by atoms with van der Waals surface area (Å²) in [5.41, 5.74) is 1.43. The summed E-state index contributed by atoms with van der Waals surface area (Å²) < 4.78 is 10.5. The molecule has 10 heteroatoms. The Bertz CT molecular complexity index is 1210. The van der Waals surface area contributed by atoms with Crippen LogP contribution < -0.4 is 10.6 Å². The van der Waals surface area contributed by atoms with Crippen LogP contribution in [-0.2, 0) is 30.3 Å². The monoisotopic (exact) mass is 597 g/mol. The molecule has 2 rings (SSSR count). The maximum atomic E-state index is 14.4. The lowest BCUT2D eigenvalue weighted by atomic mass is 9.98. The van der Waals surface area contributed by atoms with Crippen molar-refractivity contribution in [1.82, 2.24) is 15.5 Å². The van der Waals surface area contributed by atoms with Crippen molar-refractivity contribution in [2.24, 2.45) is 0 Å². The fraction of sp³-hybridized carbons (Fsp3) is 0.515. The molecule has 10 nitrogen and oxygen atoms in total. The maximum absolute atomic E-state index is 14.4. The lowest BCUT2D eigenvalue weighted by molar-refractivity contribution is -0.144. The number of ether oxygens (including phenoxy) is 2. The normalized spacial score (nSPS) is 12.5. The maximum Gasteiger partial charge on any atom is 0.408 e. The molecule has 2 unspecified atom stereocenters. The van der Waals surface area contributed by atoms with E-state index in [9.17, 15) is 24.3 Å². The average Bonchev–Trinajstić information content (AvgIpc) is 2.92. The van der Waals surface area contributed by atoms with Crippen LogP contribution in [0.25, 0.3) is 0 Å². The number of nitrogens with one attached hydrogen (secondary N) is 2. The molecule has 2 aromatic rings. The van der Waals surface area contributed by atoms with Gasteiger partial charge in [0.1, 0.15) is 23.4 Å². The smallest absolute Gasteiger partial charge is 0.408 e. The van der Waals surface area contributed by atoms with Crippen molar-refractivity contribution in [3.05, 3.63) is 65.2 Å². The van der Waals surface area contributed by atoms with E-state index in [0.29, 0.717) is 17.5 Å². The van der Waals surface area contributed by atoms with Gasteiger partial charge in [-0.15, -0.1) is 0 Å². The lowest BCUT2D eigenvalue weighted by Crippen LogP contribution is -2.54. The van der Waals surface area contributed by atoms with Crippen LogP contribution in [0.15, 0.2) is 48.5 Å². The molecule has 3 N–H and O–H groups in total. The van der Waals surface area contributed by atoms with E-state index in [0.717, 1.165) is 18.4 Å². The third-order valence-corrected chi connectivity index (χ3v) is 6.50. The first kappa shape index (κ1) is 35.1. The van der Waals surface area contributed by atoms with Crippen molar-refractivity contribution in [2.45, 2.75) is 91.3 Å². The van der Waals surface area contributed by atoms with E-state index in [1.165, 1.54) is 17.0 Å². The lowest BCUT2D eigenvalue weighted by Gasteiger charge is -2.35. The van der Waals surface area contributed by atoms with Crippen molar-refractivity contribution in [2.75, 3.05) is 19.7 Å². The van der Waals surface area contributed by atoms with Crippen LogP contribution in [0.1, 0.15) is 83.0 Å². The molecule has 0 radical (unpaired) electrons. The Hall–Kier alpha value is -4.08. The number of carbonyl (C=O) groups excluding carboxylic acids is 4. The zero-order valence-corrected chi connectivity index (χ0v) is 26.3. The van der Waals surface area contributed by atoms with Gasteiger partial charge in [0.15, 0.2) is 0 Å². The number of phenolic OH excluding ortho intramolecular Hbond substituents is 1. The minimum absolute atomic E-state index is 0.00637. The molecule has 0 bridgehead atoms. The number of phenols is 1. The molecular formula is C33H47N3O7. The fourth-order valence-corrected chi connectivity index (χ4v) is 4.55. The number of carbonyl (C=O) groups is 4. The molecule has 0 fully saturated rings. The number of aromatic hydroxyl groups is 1. The summed E-state index contributed by atoms with van der Waals surface area (Å²) in [6.45, 7) is 11.4. The van der Waals surface area contributed by atoms with Crippen LogP contribution in [0, 0.1) is 6.92 Å². The summed E-state index contributed by atoms with van der Waals surface area (Å²) in [5, 5.41) is 15.3. The highest BCUT2D eigenvalue weighted by Gasteiger charge is 2.36. The SMILES string of the molecule is CCCCCN(C(=O)C(Cc1ccc(O)cc1)NC(=O)OC(C)(C)C)C(C(=O)NCCC(=O)OCC)c1cccc(C)c1. The first-order chi connectivity index (χ1) is 20.3. The molecule has 0 saturated carbocycles. The number of aryl methyl sites for hydroxylation is 1. The second kappa shape index (κ2) is 17.1. The molecule has 0 saturated heterocycles. The molecule has 3 amide bonds. The number of nitrogens with zero attached hydrogens (tertiary/aromatic N) is 1. The zero-order valence-electron chi connectivity index (χ0n) is 26.3. The molecule has 0 aliphatic rings. The van der Waals surface area contributed by atoms with Gasteiger partial charge in [-0.3, -0.25) is 14.4 Å². The predicted molar refractivity (Wildman–Crippen MR) is 164 cm³/mol.